The highest BCUT2D eigenvalue weighted by Gasteiger charge is 2.22. The summed E-state index contributed by atoms with van der Waals surface area (Å²) >= 11 is 3.78. The lowest BCUT2D eigenvalue weighted by Gasteiger charge is -2.08. The van der Waals surface area contributed by atoms with E-state index in [-0.39, 0.29) is 0 Å². The van der Waals surface area contributed by atoms with Crippen molar-refractivity contribution in [2.75, 3.05) is 6.54 Å². The molecule has 0 spiro atoms. The molecule has 0 aliphatic carbocycles. The molecule has 1 aliphatic rings. The van der Waals surface area contributed by atoms with Crippen molar-refractivity contribution in [3.05, 3.63) is 33.4 Å². The van der Waals surface area contributed by atoms with Gasteiger partial charge >= 0.3 is 0 Å². The molecule has 2 heterocycles. The van der Waals surface area contributed by atoms with Gasteiger partial charge in [0, 0.05) is 21.6 Å². The van der Waals surface area contributed by atoms with Crippen LogP contribution in [0.1, 0.15) is 35.7 Å². The fourth-order valence-corrected chi connectivity index (χ4v) is 3.64. The average molecular weight is 293 g/mol. The summed E-state index contributed by atoms with van der Waals surface area (Å²) in [5.74, 6) is 0. The molecule has 0 amide bonds. The van der Waals surface area contributed by atoms with Crippen molar-refractivity contribution < 1.29 is 0 Å². The Morgan fingerprint density at radius 3 is 2.65 bits per heavy atom. The third-order valence-electron chi connectivity index (χ3n) is 3.75. The monoisotopic (exact) mass is 292 g/mol. The highest BCUT2D eigenvalue weighted by molar-refractivity contribution is 9.10. The SMILES string of the molecule is Cc1ccc(C)c2c(Br)c(C3CCCN3)[nH]c12. The third kappa shape index (κ3) is 1.72. The van der Waals surface area contributed by atoms with Crippen molar-refractivity contribution >= 4 is 26.8 Å². The Hall–Kier alpha value is -0.800. The molecule has 0 radical (unpaired) electrons. The van der Waals surface area contributed by atoms with E-state index in [1.165, 1.54) is 45.0 Å². The number of H-pyrrole nitrogens is 1. The van der Waals surface area contributed by atoms with Gasteiger partial charge in [0.05, 0.1) is 5.52 Å². The molecule has 1 saturated heterocycles. The maximum absolute atomic E-state index is 3.78. The van der Waals surface area contributed by atoms with E-state index in [0.717, 1.165) is 6.54 Å². The Morgan fingerprint density at radius 1 is 1.24 bits per heavy atom. The average Bonchev–Trinajstić information content (AvgIpc) is 2.91. The number of rotatable bonds is 1. The molecule has 2 nitrogen and oxygen atoms in total. The summed E-state index contributed by atoms with van der Waals surface area (Å²) in [6.07, 6.45) is 2.49. The zero-order valence-corrected chi connectivity index (χ0v) is 11.8. The van der Waals surface area contributed by atoms with Crippen molar-refractivity contribution in [3.8, 4) is 0 Å². The number of nitrogens with one attached hydrogen (secondary N) is 2. The molecular weight excluding hydrogens is 276 g/mol. The second kappa shape index (κ2) is 4.14. The third-order valence-corrected chi connectivity index (χ3v) is 4.57. The molecule has 90 valence electrons. The van der Waals surface area contributed by atoms with Crippen LogP contribution in [0, 0.1) is 13.8 Å². The van der Waals surface area contributed by atoms with E-state index in [2.05, 4.69) is 52.2 Å². The maximum Gasteiger partial charge on any atom is 0.0500 e. The van der Waals surface area contributed by atoms with Crippen LogP contribution in [-0.2, 0) is 0 Å². The molecule has 0 saturated carbocycles. The van der Waals surface area contributed by atoms with Crippen LogP contribution in [0.2, 0.25) is 0 Å². The molecule has 2 N–H and O–H groups in total. The van der Waals surface area contributed by atoms with E-state index < -0.39 is 0 Å². The van der Waals surface area contributed by atoms with Gasteiger partial charge in [0.15, 0.2) is 0 Å². The van der Waals surface area contributed by atoms with E-state index >= 15 is 0 Å². The number of fused-ring (bicyclic) bond motifs is 1. The largest absolute Gasteiger partial charge is 0.356 e. The summed E-state index contributed by atoms with van der Waals surface area (Å²) in [7, 11) is 0. The van der Waals surface area contributed by atoms with Gasteiger partial charge in [0.1, 0.15) is 0 Å². The van der Waals surface area contributed by atoms with Gasteiger partial charge in [0.2, 0.25) is 0 Å². The molecule has 1 aliphatic heterocycles. The van der Waals surface area contributed by atoms with Crippen LogP contribution in [0.5, 0.6) is 0 Å². The van der Waals surface area contributed by atoms with Gasteiger partial charge in [-0.05, 0) is 60.3 Å². The molecule has 2 aromatic rings. The first-order valence-corrected chi connectivity index (χ1v) is 6.98. The van der Waals surface area contributed by atoms with Crippen LogP contribution >= 0.6 is 15.9 Å². The van der Waals surface area contributed by atoms with Crippen molar-refractivity contribution in [2.24, 2.45) is 0 Å². The summed E-state index contributed by atoms with van der Waals surface area (Å²) in [5.41, 5.74) is 5.24. The number of halogens is 1. The Kier molecular flexibility index (Phi) is 2.75. The number of aryl methyl sites for hydroxylation is 2. The molecule has 17 heavy (non-hydrogen) atoms. The van der Waals surface area contributed by atoms with Gasteiger partial charge in [0.25, 0.3) is 0 Å². The van der Waals surface area contributed by atoms with E-state index in [1.807, 2.05) is 0 Å². The summed E-state index contributed by atoms with van der Waals surface area (Å²) in [4.78, 5) is 3.61. The molecule has 1 atom stereocenters. The lowest BCUT2D eigenvalue weighted by Crippen LogP contribution is -2.13. The summed E-state index contributed by atoms with van der Waals surface area (Å²) in [6, 6.07) is 4.87. The van der Waals surface area contributed by atoms with Crippen LogP contribution in [0.3, 0.4) is 0 Å². The fraction of sp³-hybridized carbons (Fsp3) is 0.429. The Balaban J connectivity index is 2.24. The quantitative estimate of drug-likeness (QED) is 0.818. The van der Waals surface area contributed by atoms with Crippen molar-refractivity contribution in [2.45, 2.75) is 32.7 Å². The number of aromatic amines is 1. The minimum Gasteiger partial charge on any atom is -0.356 e. The summed E-state index contributed by atoms with van der Waals surface area (Å²) < 4.78 is 1.24. The van der Waals surface area contributed by atoms with Gasteiger partial charge in [-0.25, -0.2) is 0 Å². The molecule has 1 aromatic carbocycles. The number of aromatic nitrogens is 1. The minimum absolute atomic E-state index is 0.482. The van der Waals surface area contributed by atoms with Gasteiger partial charge in [-0.2, -0.15) is 0 Å². The van der Waals surface area contributed by atoms with Crippen molar-refractivity contribution in [1.82, 2.24) is 10.3 Å². The van der Waals surface area contributed by atoms with Crippen molar-refractivity contribution in [1.29, 1.82) is 0 Å². The Labute approximate surface area is 110 Å². The van der Waals surface area contributed by atoms with E-state index in [1.54, 1.807) is 0 Å². The smallest absolute Gasteiger partial charge is 0.0500 e. The molecule has 1 fully saturated rings. The minimum atomic E-state index is 0.482. The molecule has 3 heteroatoms. The second-order valence-electron chi connectivity index (χ2n) is 4.95. The zero-order chi connectivity index (χ0) is 12.0. The second-order valence-corrected chi connectivity index (χ2v) is 5.74. The zero-order valence-electron chi connectivity index (χ0n) is 10.2. The van der Waals surface area contributed by atoms with Gasteiger partial charge < -0.3 is 10.3 Å². The van der Waals surface area contributed by atoms with Crippen molar-refractivity contribution in [3.63, 3.8) is 0 Å². The van der Waals surface area contributed by atoms with E-state index in [0.29, 0.717) is 6.04 Å². The highest BCUT2D eigenvalue weighted by atomic mass is 79.9. The topological polar surface area (TPSA) is 27.8 Å². The first-order valence-electron chi connectivity index (χ1n) is 6.19. The lowest BCUT2D eigenvalue weighted by molar-refractivity contribution is 0.630. The number of hydrogen-bond acceptors (Lipinski definition) is 1. The van der Waals surface area contributed by atoms with Crippen LogP contribution in [-0.4, -0.2) is 11.5 Å². The lowest BCUT2D eigenvalue weighted by atomic mass is 10.1. The van der Waals surface area contributed by atoms with Gasteiger partial charge in [-0.3, -0.25) is 0 Å². The Bertz CT molecular complexity index is 565. The Morgan fingerprint density at radius 2 is 2.00 bits per heavy atom. The molecule has 0 bridgehead atoms. The molecule has 1 aromatic heterocycles. The van der Waals surface area contributed by atoms with Crippen LogP contribution in [0.4, 0.5) is 0 Å². The fourth-order valence-electron chi connectivity index (χ4n) is 2.75. The van der Waals surface area contributed by atoms with Gasteiger partial charge in [-0.1, -0.05) is 12.1 Å². The predicted octanol–water partition coefficient (Wildman–Crippen LogP) is 3.97. The number of benzene rings is 1. The first kappa shape index (κ1) is 11.3. The van der Waals surface area contributed by atoms with Gasteiger partial charge in [-0.15, -0.1) is 0 Å². The first-order chi connectivity index (χ1) is 8.18. The molecular formula is C14H17BrN2. The van der Waals surface area contributed by atoms with Crippen LogP contribution in [0.15, 0.2) is 16.6 Å². The van der Waals surface area contributed by atoms with Crippen LogP contribution < -0.4 is 5.32 Å². The van der Waals surface area contributed by atoms with E-state index in [9.17, 15) is 0 Å². The molecule has 3 rings (SSSR count). The summed E-state index contributed by atoms with van der Waals surface area (Å²) in [6.45, 7) is 5.47. The van der Waals surface area contributed by atoms with Crippen LogP contribution in [0.25, 0.3) is 10.9 Å². The summed E-state index contributed by atoms with van der Waals surface area (Å²) in [5, 5.41) is 4.89. The normalized spacial score (nSPS) is 20.3. The standard InChI is InChI=1S/C14H17BrN2/c1-8-5-6-9(2)13-11(8)12(15)14(17-13)10-4-3-7-16-10/h5-6,10,16-17H,3-4,7H2,1-2H3. The predicted molar refractivity (Wildman–Crippen MR) is 75.5 cm³/mol. The maximum atomic E-state index is 3.78. The number of hydrogen-bond donors (Lipinski definition) is 2. The molecule has 1 unspecified atom stereocenters. The van der Waals surface area contributed by atoms with E-state index in [4.69, 9.17) is 0 Å². The highest BCUT2D eigenvalue weighted by Crippen LogP contribution is 2.37.